The van der Waals surface area contributed by atoms with Gasteiger partial charge in [-0.15, -0.1) is 0 Å². The molecule has 0 aliphatic rings. The van der Waals surface area contributed by atoms with Gasteiger partial charge in [-0.05, 0) is 33.6 Å². The number of anilines is 1. The Morgan fingerprint density at radius 2 is 1.79 bits per heavy atom. The maximum Gasteiger partial charge on any atom is 0.301 e. The van der Waals surface area contributed by atoms with Crippen LogP contribution in [-0.2, 0) is 0 Å². The Labute approximate surface area is 144 Å². The molecule has 9 heteroatoms. The molecule has 2 aromatic carbocycles. The first-order valence-electron chi connectivity index (χ1n) is 6.61. The third kappa shape index (κ3) is 4.71. The minimum Gasteiger partial charge on any atom is -0.272 e. The highest BCUT2D eigenvalue weighted by molar-refractivity contribution is 9.12. The molecule has 0 saturated heterocycles. The third-order valence-corrected chi connectivity index (χ3v) is 3.30. The van der Waals surface area contributed by atoms with E-state index in [4.69, 9.17) is 0 Å². The summed E-state index contributed by atoms with van der Waals surface area (Å²) < 4.78 is 0.644. The molecule has 0 fully saturated rings. The number of benzene rings is 2. The molecule has 0 heterocycles. The van der Waals surface area contributed by atoms with Crippen molar-refractivity contribution >= 4 is 45.3 Å². The number of halogens is 1. The van der Waals surface area contributed by atoms with E-state index in [0.717, 1.165) is 11.6 Å². The third-order valence-electron chi connectivity index (χ3n) is 2.87. The lowest BCUT2D eigenvalue weighted by Crippen LogP contribution is -1.98. The van der Waals surface area contributed by atoms with Crippen LogP contribution in [0.5, 0.6) is 0 Å². The summed E-state index contributed by atoms with van der Waals surface area (Å²) in [6.45, 7) is 0. The van der Waals surface area contributed by atoms with E-state index in [1.165, 1.54) is 18.3 Å². The van der Waals surface area contributed by atoms with E-state index in [-0.39, 0.29) is 11.4 Å². The van der Waals surface area contributed by atoms with Crippen LogP contribution in [-0.4, -0.2) is 16.1 Å². The van der Waals surface area contributed by atoms with Crippen LogP contribution >= 0.6 is 15.9 Å². The van der Waals surface area contributed by atoms with E-state index in [1.54, 1.807) is 0 Å². The van der Waals surface area contributed by atoms with Gasteiger partial charge in [-0.1, -0.05) is 30.3 Å². The van der Waals surface area contributed by atoms with Crippen molar-refractivity contribution < 1.29 is 9.85 Å². The van der Waals surface area contributed by atoms with E-state index < -0.39 is 15.5 Å². The molecule has 24 heavy (non-hydrogen) atoms. The van der Waals surface area contributed by atoms with Crippen molar-refractivity contribution in [2.75, 3.05) is 5.43 Å². The lowest BCUT2D eigenvalue weighted by atomic mass is 10.2. The van der Waals surface area contributed by atoms with Crippen molar-refractivity contribution in [2.24, 2.45) is 5.10 Å². The van der Waals surface area contributed by atoms with Crippen LogP contribution in [0.15, 0.2) is 58.1 Å². The standard InChI is InChI=1S/C15H11BrN4O4/c16-12(8-11-4-2-1-3-5-11)10-17-18-14-7-6-13(19(21)22)9-15(14)20(23)24/h1-10,18H. The zero-order chi connectivity index (χ0) is 17.5. The van der Waals surface area contributed by atoms with Crippen LogP contribution in [0.3, 0.4) is 0 Å². The van der Waals surface area contributed by atoms with Crippen molar-refractivity contribution in [3.8, 4) is 0 Å². The molecule has 2 rings (SSSR count). The van der Waals surface area contributed by atoms with Crippen molar-refractivity contribution in [1.82, 2.24) is 0 Å². The molecule has 1 N–H and O–H groups in total. The summed E-state index contributed by atoms with van der Waals surface area (Å²) in [5.41, 5.74) is 2.74. The van der Waals surface area contributed by atoms with Gasteiger partial charge in [0.1, 0.15) is 5.69 Å². The molecule has 0 saturated carbocycles. The minimum absolute atomic E-state index is 0.0573. The van der Waals surface area contributed by atoms with Crippen molar-refractivity contribution in [3.63, 3.8) is 0 Å². The molecule has 0 aliphatic heterocycles. The number of nitro groups is 2. The van der Waals surface area contributed by atoms with E-state index in [1.807, 2.05) is 36.4 Å². The zero-order valence-electron chi connectivity index (χ0n) is 12.1. The van der Waals surface area contributed by atoms with Crippen LogP contribution in [0.1, 0.15) is 5.56 Å². The van der Waals surface area contributed by atoms with Gasteiger partial charge in [0, 0.05) is 10.5 Å². The van der Waals surface area contributed by atoms with Gasteiger partial charge in [-0.3, -0.25) is 25.7 Å². The topological polar surface area (TPSA) is 111 Å². The van der Waals surface area contributed by atoms with E-state index in [2.05, 4.69) is 26.5 Å². The first-order valence-corrected chi connectivity index (χ1v) is 7.41. The average Bonchev–Trinajstić information content (AvgIpc) is 2.55. The SMILES string of the molecule is O=[N+]([O-])c1ccc(NN=CC(Br)=Cc2ccccc2)c([N+](=O)[O-])c1. The van der Waals surface area contributed by atoms with Crippen LogP contribution < -0.4 is 5.43 Å². The summed E-state index contributed by atoms with van der Waals surface area (Å²) in [6.07, 6.45) is 3.24. The number of hydrogen-bond acceptors (Lipinski definition) is 6. The summed E-state index contributed by atoms with van der Waals surface area (Å²) in [7, 11) is 0. The first-order chi connectivity index (χ1) is 11.5. The van der Waals surface area contributed by atoms with Crippen LogP contribution in [0, 0.1) is 20.2 Å². The van der Waals surface area contributed by atoms with Gasteiger partial charge in [-0.2, -0.15) is 5.10 Å². The number of nitro benzene ring substituents is 2. The number of non-ortho nitro benzene ring substituents is 1. The molecule has 0 unspecified atom stereocenters. The van der Waals surface area contributed by atoms with Gasteiger partial charge in [-0.25, -0.2) is 0 Å². The average molecular weight is 391 g/mol. The summed E-state index contributed by atoms with van der Waals surface area (Å²) in [4.78, 5) is 20.3. The molecule has 0 atom stereocenters. The number of allylic oxidation sites excluding steroid dienone is 1. The molecule has 0 aromatic heterocycles. The summed E-state index contributed by atoms with van der Waals surface area (Å²) >= 11 is 3.31. The van der Waals surface area contributed by atoms with Gasteiger partial charge < -0.3 is 0 Å². The predicted molar refractivity (Wildman–Crippen MR) is 95.2 cm³/mol. The predicted octanol–water partition coefficient (Wildman–Crippen LogP) is 4.34. The normalized spacial score (nSPS) is 11.5. The Morgan fingerprint density at radius 1 is 1.08 bits per heavy atom. The van der Waals surface area contributed by atoms with Crippen molar-refractivity contribution in [2.45, 2.75) is 0 Å². The molecular weight excluding hydrogens is 380 g/mol. The first kappa shape index (κ1) is 17.3. The molecule has 0 radical (unpaired) electrons. The quantitative estimate of drug-likeness (QED) is 0.448. The smallest absolute Gasteiger partial charge is 0.272 e. The fraction of sp³-hybridized carbons (Fsp3) is 0. The number of nitrogens with zero attached hydrogens (tertiary/aromatic N) is 3. The zero-order valence-corrected chi connectivity index (χ0v) is 13.7. The molecular formula is C15H11BrN4O4. The fourth-order valence-corrected chi connectivity index (χ4v) is 2.16. The fourth-order valence-electron chi connectivity index (χ4n) is 1.79. The Balaban J connectivity index is 2.15. The number of nitrogens with one attached hydrogen (secondary N) is 1. The molecule has 122 valence electrons. The van der Waals surface area contributed by atoms with Crippen molar-refractivity contribution in [1.29, 1.82) is 0 Å². The second-order valence-electron chi connectivity index (χ2n) is 4.53. The van der Waals surface area contributed by atoms with Crippen LogP contribution in [0.2, 0.25) is 0 Å². The molecule has 0 bridgehead atoms. The van der Waals surface area contributed by atoms with Gasteiger partial charge in [0.05, 0.1) is 22.1 Å². The Kier molecular flexibility index (Phi) is 5.74. The number of rotatable bonds is 6. The molecule has 0 amide bonds. The van der Waals surface area contributed by atoms with Crippen LogP contribution in [0.4, 0.5) is 17.1 Å². The van der Waals surface area contributed by atoms with Gasteiger partial charge >= 0.3 is 5.69 Å². The van der Waals surface area contributed by atoms with E-state index in [9.17, 15) is 20.2 Å². The number of hydrogen-bond donors (Lipinski definition) is 1. The van der Waals surface area contributed by atoms with Gasteiger partial charge in [0.15, 0.2) is 0 Å². The molecule has 0 spiro atoms. The summed E-state index contributed by atoms with van der Waals surface area (Å²) in [5, 5.41) is 25.6. The van der Waals surface area contributed by atoms with E-state index >= 15 is 0 Å². The highest BCUT2D eigenvalue weighted by Crippen LogP contribution is 2.28. The second-order valence-corrected chi connectivity index (χ2v) is 5.44. The van der Waals surface area contributed by atoms with Gasteiger partial charge in [0.2, 0.25) is 0 Å². The van der Waals surface area contributed by atoms with Crippen molar-refractivity contribution in [3.05, 3.63) is 78.8 Å². The Hall–Kier alpha value is -3.07. The monoisotopic (exact) mass is 390 g/mol. The second kappa shape index (κ2) is 7.97. The summed E-state index contributed by atoms with van der Waals surface area (Å²) in [5.74, 6) is 0. The molecule has 8 nitrogen and oxygen atoms in total. The van der Waals surface area contributed by atoms with E-state index in [0.29, 0.717) is 4.48 Å². The highest BCUT2D eigenvalue weighted by atomic mass is 79.9. The highest BCUT2D eigenvalue weighted by Gasteiger charge is 2.18. The van der Waals surface area contributed by atoms with Gasteiger partial charge in [0.25, 0.3) is 5.69 Å². The minimum atomic E-state index is -0.709. The maximum atomic E-state index is 11.0. The summed E-state index contributed by atoms with van der Waals surface area (Å²) in [6, 6.07) is 12.8. The lowest BCUT2D eigenvalue weighted by molar-refractivity contribution is -0.393. The number of hydrazone groups is 1. The Morgan fingerprint density at radius 3 is 2.42 bits per heavy atom. The molecule has 0 aliphatic carbocycles. The Bertz CT molecular complexity index is 821. The molecule has 2 aromatic rings. The lowest BCUT2D eigenvalue weighted by Gasteiger charge is -2.01. The van der Waals surface area contributed by atoms with Crippen LogP contribution in [0.25, 0.3) is 6.08 Å². The maximum absolute atomic E-state index is 11.0. The largest absolute Gasteiger partial charge is 0.301 e.